The quantitative estimate of drug-likeness (QED) is 0.137. The molecule has 0 saturated carbocycles. The molecule has 0 saturated heterocycles. The molecule has 2 heterocycles. The summed E-state index contributed by atoms with van der Waals surface area (Å²) in [4.78, 5) is 37.9. The molecule has 1 atom stereocenters. The van der Waals surface area contributed by atoms with Crippen LogP contribution in [0.25, 0.3) is 28.8 Å². The molecule has 2 aromatic heterocycles. The highest BCUT2D eigenvalue weighted by molar-refractivity contribution is 5.95. The Morgan fingerprint density at radius 2 is 1.74 bits per heavy atom. The molecule has 2 N–H and O–H groups in total. The number of Topliss-reactive ketones (excluding diaryl/α,β-unsaturated/α-hetero) is 1. The number of carbonyl (C=O) groups is 2. The van der Waals surface area contributed by atoms with Crippen molar-refractivity contribution in [2.24, 2.45) is 0 Å². The van der Waals surface area contributed by atoms with Crippen LogP contribution in [0.2, 0.25) is 0 Å². The van der Waals surface area contributed by atoms with Gasteiger partial charge in [0.2, 0.25) is 5.95 Å². The van der Waals surface area contributed by atoms with Crippen LogP contribution < -0.4 is 5.32 Å². The van der Waals surface area contributed by atoms with E-state index in [0.717, 1.165) is 5.69 Å². The second-order valence-electron chi connectivity index (χ2n) is 9.59. The molecule has 1 unspecified atom stereocenters. The smallest absolute Gasteiger partial charge is 0.313 e. The van der Waals surface area contributed by atoms with Gasteiger partial charge in [0.25, 0.3) is 0 Å². The van der Waals surface area contributed by atoms with Crippen molar-refractivity contribution in [3.05, 3.63) is 84.6 Å². The number of halogens is 1. The number of nitrogens with one attached hydrogen (secondary N) is 1. The van der Waals surface area contributed by atoms with E-state index in [9.17, 15) is 19.1 Å². The summed E-state index contributed by atoms with van der Waals surface area (Å²) in [5.41, 5.74) is 3.19. The lowest BCUT2D eigenvalue weighted by Crippen LogP contribution is -2.16. The predicted octanol–water partition coefficient (Wildman–Crippen LogP) is 6.78. The number of aromatic nitrogens is 4. The fourth-order valence-electron chi connectivity index (χ4n) is 4.20. The van der Waals surface area contributed by atoms with Crippen LogP contribution in [0, 0.1) is 5.82 Å². The molecule has 9 nitrogen and oxygen atoms in total. The minimum Gasteiger partial charge on any atom is -0.466 e. The monoisotopic (exact) mass is 587 g/mol. The summed E-state index contributed by atoms with van der Waals surface area (Å²) < 4.78 is 20.4. The van der Waals surface area contributed by atoms with E-state index in [0.29, 0.717) is 34.4 Å². The van der Waals surface area contributed by atoms with Crippen LogP contribution in [-0.4, -0.2) is 49.1 Å². The number of imidazole rings is 1. The fourth-order valence-corrected chi connectivity index (χ4v) is 4.20. The molecule has 0 aliphatic rings. The van der Waals surface area contributed by atoms with E-state index in [2.05, 4.69) is 10.3 Å². The van der Waals surface area contributed by atoms with Gasteiger partial charge in [-0.05, 0) is 55.5 Å². The van der Waals surface area contributed by atoms with Crippen molar-refractivity contribution < 1.29 is 23.8 Å². The van der Waals surface area contributed by atoms with Crippen LogP contribution in [0.1, 0.15) is 59.2 Å². The molecule has 0 spiro atoms. The first-order valence-corrected chi connectivity index (χ1v) is 14.3. The molecule has 226 valence electrons. The third kappa shape index (κ3) is 9.14. The highest BCUT2D eigenvalue weighted by Crippen LogP contribution is 2.35. The topological polar surface area (TPSA) is 119 Å². The van der Waals surface area contributed by atoms with Gasteiger partial charge in [0.15, 0.2) is 0 Å². The molecule has 10 heteroatoms. The molecule has 0 amide bonds. The molecule has 0 fully saturated rings. The second-order valence-corrected chi connectivity index (χ2v) is 9.59. The summed E-state index contributed by atoms with van der Waals surface area (Å²) in [5.74, 6) is -0.442. The van der Waals surface area contributed by atoms with E-state index >= 15 is 0 Å². The summed E-state index contributed by atoms with van der Waals surface area (Å²) in [6, 6.07) is 17.3. The minimum atomic E-state index is -1.15. The Kier molecular flexibility index (Phi) is 12.3. The molecule has 0 aliphatic heterocycles. The molecular weight excluding hydrogens is 549 g/mol. The molecule has 2 aromatic carbocycles. The number of nitrogens with zero attached hydrogens (tertiary/aromatic N) is 4. The number of ketones is 1. The van der Waals surface area contributed by atoms with Gasteiger partial charge in [0, 0.05) is 36.0 Å². The van der Waals surface area contributed by atoms with E-state index in [-0.39, 0.29) is 24.8 Å². The number of esters is 1. The van der Waals surface area contributed by atoms with Crippen LogP contribution in [0.4, 0.5) is 16.0 Å². The minimum absolute atomic E-state index is 0.0426. The zero-order chi connectivity index (χ0) is 31.4. The maximum absolute atomic E-state index is 13.8. The molecule has 0 bridgehead atoms. The van der Waals surface area contributed by atoms with Gasteiger partial charge in [-0.2, -0.15) is 0 Å². The Bertz CT molecular complexity index is 1520. The van der Waals surface area contributed by atoms with Gasteiger partial charge in [0.1, 0.15) is 23.8 Å². The largest absolute Gasteiger partial charge is 0.466 e. The lowest BCUT2D eigenvalue weighted by molar-refractivity contribution is -0.145. The van der Waals surface area contributed by atoms with Crippen molar-refractivity contribution in [3.63, 3.8) is 0 Å². The average molecular weight is 588 g/mol. The molecular formula is C33H38FN5O4. The van der Waals surface area contributed by atoms with Crippen molar-refractivity contribution in [2.45, 2.75) is 59.5 Å². The Morgan fingerprint density at radius 3 is 2.40 bits per heavy atom. The van der Waals surface area contributed by atoms with E-state index in [4.69, 9.17) is 14.7 Å². The van der Waals surface area contributed by atoms with Crippen molar-refractivity contribution in [3.8, 4) is 22.6 Å². The van der Waals surface area contributed by atoms with Gasteiger partial charge in [-0.25, -0.2) is 19.3 Å². The number of aliphatic hydroxyl groups is 1. The van der Waals surface area contributed by atoms with Gasteiger partial charge >= 0.3 is 5.97 Å². The summed E-state index contributed by atoms with van der Waals surface area (Å²) >= 11 is 0. The van der Waals surface area contributed by atoms with Crippen molar-refractivity contribution in [1.82, 2.24) is 19.5 Å². The van der Waals surface area contributed by atoms with E-state index in [1.54, 1.807) is 42.1 Å². The fraction of sp³-hybridized carbons (Fsp3) is 0.303. The van der Waals surface area contributed by atoms with Crippen molar-refractivity contribution >= 4 is 29.6 Å². The Labute approximate surface area is 251 Å². The zero-order valence-electron chi connectivity index (χ0n) is 25.1. The van der Waals surface area contributed by atoms with E-state index < -0.39 is 24.3 Å². The number of para-hydroxylation sites is 1. The SMILES string of the molecule is CC.CCOC(=O)CC(=O)CC(O)/C=C/n1c(C(C)C)nc(-c2ccc(F)cc2)c1-c1ccnc(Nc2ccccc2)n1. The summed E-state index contributed by atoms with van der Waals surface area (Å²) in [6.07, 6.45) is 2.93. The van der Waals surface area contributed by atoms with Crippen LogP contribution in [0.5, 0.6) is 0 Å². The Morgan fingerprint density at radius 1 is 1.05 bits per heavy atom. The highest BCUT2D eigenvalue weighted by atomic mass is 19.1. The highest BCUT2D eigenvalue weighted by Gasteiger charge is 2.23. The van der Waals surface area contributed by atoms with Crippen LogP contribution in [0.3, 0.4) is 0 Å². The maximum atomic E-state index is 13.8. The third-order valence-electron chi connectivity index (χ3n) is 6.04. The summed E-state index contributed by atoms with van der Waals surface area (Å²) in [7, 11) is 0. The molecule has 0 radical (unpaired) electrons. The van der Waals surface area contributed by atoms with Gasteiger partial charge in [-0.15, -0.1) is 0 Å². The maximum Gasteiger partial charge on any atom is 0.313 e. The van der Waals surface area contributed by atoms with Crippen molar-refractivity contribution in [1.29, 1.82) is 0 Å². The second kappa shape index (κ2) is 16.1. The number of hydrogen-bond donors (Lipinski definition) is 2. The van der Waals surface area contributed by atoms with E-state index in [1.165, 1.54) is 18.2 Å². The number of benzene rings is 2. The van der Waals surface area contributed by atoms with Gasteiger partial charge in [-0.1, -0.05) is 45.9 Å². The van der Waals surface area contributed by atoms with Crippen LogP contribution >= 0.6 is 0 Å². The van der Waals surface area contributed by atoms with Gasteiger partial charge in [-0.3, -0.25) is 9.59 Å². The normalized spacial score (nSPS) is 11.6. The van der Waals surface area contributed by atoms with Gasteiger partial charge in [0.05, 0.1) is 29.8 Å². The number of ether oxygens (including phenoxy) is 1. The molecule has 0 aliphatic carbocycles. The standard InChI is InChI=1S/C31H32FN5O4.C2H6/c1-4-41-27(40)19-25(39)18-24(38)15-17-37-29(26-14-16-33-31(35-26)34-23-8-6-5-7-9-23)28(36-30(37)20(2)3)21-10-12-22(32)13-11-21;1-2/h5-17,20,24,38H,4,18-19H2,1-3H3,(H,33,34,35);1-2H3/b17-15+;. The lowest BCUT2D eigenvalue weighted by atomic mass is 10.1. The lowest BCUT2D eigenvalue weighted by Gasteiger charge is -2.12. The van der Waals surface area contributed by atoms with Gasteiger partial charge < -0.3 is 19.7 Å². The molecule has 43 heavy (non-hydrogen) atoms. The Hall–Kier alpha value is -4.70. The first-order chi connectivity index (χ1) is 20.7. The number of rotatable bonds is 12. The number of anilines is 2. The summed E-state index contributed by atoms with van der Waals surface area (Å²) in [5, 5.41) is 13.8. The van der Waals surface area contributed by atoms with E-state index in [1.807, 2.05) is 58.0 Å². The first kappa shape index (κ1) is 32.8. The predicted molar refractivity (Wildman–Crippen MR) is 166 cm³/mol. The number of carbonyl (C=O) groups excluding carboxylic acids is 2. The Balaban J connectivity index is 0.00000248. The van der Waals surface area contributed by atoms with Crippen molar-refractivity contribution in [2.75, 3.05) is 11.9 Å². The third-order valence-corrected chi connectivity index (χ3v) is 6.04. The number of hydrogen-bond acceptors (Lipinski definition) is 8. The molecule has 4 aromatic rings. The first-order valence-electron chi connectivity index (χ1n) is 14.3. The summed E-state index contributed by atoms with van der Waals surface area (Å²) in [6.45, 7) is 9.80. The number of aliphatic hydroxyl groups excluding tert-OH is 1. The van der Waals surface area contributed by atoms with Crippen LogP contribution in [0.15, 0.2) is 72.9 Å². The zero-order valence-corrected chi connectivity index (χ0v) is 25.1. The average Bonchev–Trinajstić information content (AvgIpc) is 3.38. The molecule has 4 rings (SSSR count). The van der Waals surface area contributed by atoms with Crippen LogP contribution in [-0.2, 0) is 14.3 Å².